The average Bonchev–Trinajstić information content (AvgIpc) is 3.02. The van der Waals surface area contributed by atoms with E-state index in [9.17, 15) is 13.2 Å². The standard InChI is InChI=1S/C21H23N3O7S2/c1-24(33(26,27)13-5-6-15-18(9-13)31-8-4-7-30-15)12-20(25)23-21-22-14-10-16(28-2)17(29-3)11-19(14)32-21/h5-6,9-11H,4,7-8,12H2,1-3H3,(H,22,23,25). The van der Waals surface area contributed by atoms with Gasteiger partial charge in [-0.05, 0) is 12.1 Å². The predicted molar refractivity (Wildman–Crippen MR) is 123 cm³/mol. The molecule has 33 heavy (non-hydrogen) atoms. The predicted octanol–water partition coefficient (Wildman–Crippen LogP) is 2.73. The number of anilines is 1. The summed E-state index contributed by atoms with van der Waals surface area (Å²) in [6.07, 6.45) is 0.710. The molecule has 0 unspecified atom stereocenters. The quantitative estimate of drug-likeness (QED) is 0.534. The van der Waals surface area contributed by atoms with Crippen molar-refractivity contribution in [3.05, 3.63) is 30.3 Å². The van der Waals surface area contributed by atoms with Gasteiger partial charge in [0.2, 0.25) is 15.9 Å². The van der Waals surface area contributed by atoms with Crippen LogP contribution in [0.5, 0.6) is 23.0 Å². The molecule has 1 aliphatic rings. The Morgan fingerprint density at radius 3 is 2.55 bits per heavy atom. The lowest BCUT2D eigenvalue weighted by Crippen LogP contribution is -2.34. The lowest BCUT2D eigenvalue weighted by Gasteiger charge is -2.17. The second-order valence-electron chi connectivity index (χ2n) is 7.16. The van der Waals surface area contributed by atoms with Crippen LogP contribution in [0.3, 0.4) is 0 Å². The molecule has 0 saturated carbocycles. The van der Waals surface area contributed by atoms with Crippen molar-refractivity contribution in [1.29, 1.82) is 0 Å². The Labute approximate surface area is 195 Å². The largest absolute Gasteiger partial charge is 0.493 e. The molecule has 1 aromatic heterocycles. The first-order chi connectivity index (χ1) is 15.8. The molecule has 176 valence electrons. The molecule has 0 spiro atoms. The Hall–Kier alpha value is -3.09. The third-order valence-electron chi connectivity index (χ3n) is 4.93. The molecule has 1 amide bonds. The fourth-order valence-corrected chi connectivity index (χ4v) is 5.27. The van der Waals surface area contributed by atoms with E-state index in [1.165, 1.54) is 44.7 Å². The zero-order chi connectivity index (χ0) is 23.6. The molecule has 0 fully saturated rings. The number of nitrogens with one attached hydrogen (secondary N) is 1. The van der Waals surface area contributed by atoms with Gasteiger partial charge in [0.15, 0.2) is 28.1 Å². The normalized spacial score (nSPS) is 13.6. The molecule has 1 aliphatic heterocycles. The van der Waals surface area contributed by atoms with Crippen LogP contribution in [0.4, 0.5) is 5.13 Å². The summed E-state index contributed by atoms with van der Waals surface area (Å²) < 4.78 is 49.4. The Balaban J connectivity index is 1.47. The number of hydrogen-bond donors (Lipinski definition) is 1. The lowest BCUT2D eigenvalue weighted by molar-refractivity contribution is -0.116. The van der Waals surface area contributed by atoms with E-state index in [0.717, 1.165) is 9.01 Å². The molecule has 1 N–H and O–H groups in total. The second-order valence-corrected chi connectivity index (χ2v) is 10.2. The Kier molecular flexibility index (Phi) is 6.58. The molecular weight excluding hydrogens is 470 g/mol. The van der Waals surface area contributed by atoms with Crippen molar-refractivity contribution in [3.63, 3.8) is 0 Å². The van der Waals surface area contributed by atoms with Crippen LogP contribution in [0, 0.1) is 0 Å². The molecule has 0 saturated heterocycles. The van der Waals surface area contributed by atoms with E-state index in [-0.39, 0.29) is 11.4 Å². The Morgan fingerprint density at radius 1 is 1.12 bits per heavy atom. The van der Waals surface area contributed by atoms with Crippen molar-refractivity contribution in [1.82, 2.24) is 9.29 Å². The van der Waals surface area contributed by atoms with Crippen molar-refractivity contribution < 1.29 is 32.2 Å². The minimum Gasteiger partial charge on any atom is -0.493 e. The van der Waals surface area contributed by atoms with Crippen LogP contribution in [-0.4, -0.2) is 64.6 Å². The molecule has 0 aliphatic carbocycles. The number of thiazole rings is 1. The number of fused-ring (bicyclic) bond motifs is 2. The molecule has 0 bridgehead atoms. The van der Waals surface area contributed by atoms with Gasteiger partial charge in [-0.3, -0.25) is 4.79 Å². The van der Waals surface area contributed by atoms with Gasteiger partial charge < -0.3 is 24.3 Å². The molecule has 0 radical (unpaired) electrons. The first kappa shape index (κ1) is 23.1. The van der Waals surface area contributed by atoms with Gasteiger partial charge in [-0.15, -0.1) is 0 Å². The van der Waals surface area contributed by atoms with Gasteiger partial charge in [0, 0.05) is 31.7 Å². The Bertz CT molecular complexity index is 1250. The number of benzene rings is 2. The highest BCUT2D eigenvalue weighted by atomic mass is 32.2. The van der Waals surface area contributed by atoms with Crippen LogP contribution in [0.2, 0.25) is 0 Å². The third-order valence-corrected chi connectivity index (χ3v) is 7.67. The number of nitrogens with zero attached hydrogens (tertiary/aromatic N) is 2. The van der Waals surface area contributed by atoms with Gasteiger partial charge in [0.25, 0.3) is 0 Å². The van der Waals surface area contributed by atoms with E-state index in [0.29, 0.717) is 53.3 Å². The first-order valence-corrected chi connectivity index (χ1v) is 12.3. The molecule has 2 heterocycles. The second kappa shape index (κ2) is 9.41. The van der Waals surface area contributed by atoms with Crippen LogP contribution in [0.25, 0.3) is 10.2 Å². The van der Waals surface area contributed by atoms with Gasteiger partial charge in [-0.2, -0.15) is 4.31 Å². The van der Waals surface area contributed by atoms with Crippen molar-refractivity contribution in [2.75, 3.05) is 46.3 Å². The summed E-state index contributed by atoms with van der Waals surface area (Å²) in [5.74, 6) is 1.41. The van der Waals surface area contributed by atoms with Gasteiger partial charge >= 0.3 is 0 Å². The van der Waals surface area contributed by atoms with Crippen molar-refractivity contribution >= 4 is 42.6 Å². The number of aromatic nitrogens is 1. The first-order valence-electron chi connectivity index (χ1n) is 10.00. The minimum absolute atomic E-state index is 0.0150. The number of sulfonamides is 1. The highest BCUT2D eigenvalue weighted by Gasteiger charge is 2.25. The highest BCUT2D eigenvalue weighted by Crippen LogP contribution is 2.36. The summed E-state index contributed by atoms with van der Waals surface area (Å²) in [5, 5.41) is 2.99. The maximum atomic E-state index is 13.0. The van der Waals surface area contributed by atoms with E-state index in [1.807, 2.05) is 0 Å². The highest BCUT2D eigenvalue weighted by molar-refractivity contribution is 7.89. The van der Waals surface area contributed by atoms with Gasteiger partial charge in [-0.1, -0.05) is 11.3 Å². The number of carbonyl (C=O) groups is 1. The SMILES string of the molecule is COc1cc2nc(NC(=O)CN(C)S(=O)(=O)c3ccc4c(c3)OCCCO4)sc2cc1OC. The fourth-order valence-electron chi connectivity index (χ4n) is 3.24. The van der Waals surface area contributed by atoms with Crippen molar-refractivity contribution in [2.45, 2.75) is 11.3 Å². The number of hydrogen-bond acceptors (Lipinski definition) is 9. The van der Waals surface area contributed by atoms with Crippen LogP contribution < -0.4 is 24.3 Å². The maximum Gasteiger partial charge on any atom is 0.243 e. The molecule has 10 nitrogen and oxygen atoms in total. The molecule has 3 aromatic rings. The molecule has 12 heteroatoms. The topological polar surface area (TPSA) is 116 Å². The smallest absolute Gasteiger partial charge is 0.243 e. The van der Waals surface area contributed by atoms with Crippen LogP contribution in [-0.2, 0) is 14.8 Å². The monoisotopic (exact) mass is 493 g/mol. The number of rotatable bonds is 7. The lowest BCUT2D eigenvalue weighted by atomic mass is 10.3. The average molecular weight is 494 g/mol. The van der Waals surface area contributed by atoms with Gasteiger partial charge in [0.05, 0.1) is 49.1 Å². The number of carbonyl (C=O) groups excluding carboxylic acids is 1. The van der Waals surface area contributed by atoms with Crippen LogP contribution in [0.1, 0.15) is 6.42 Å². The number of amides is 1. The molecule has 2 aromatic carbocycles. The summed E-state index contributed by atoms with van der Waals surface area (Å²) in [6, 6.07) is 7.89. The van der Waals surface area contributed by atoms with E-state index in [2.05, 4.69) is 10.3 Å². The summed E-state index contributed by atoms with van der Waals surface area (Å²) in [6.45, 7) is 0.554. The van der Waals surface area contributed by atoms with Gasteiger partial charge in [-0.25, -0.2) is 13.4 Å². The third kappa shape index (κ3) is 4.82. The summed E-state index contributed by atoms with van der Waals surface area (Å²) in [7, 11) is 0.473. The van der Waals surface area contributed by atoms with Crippen molar-refractivity contribution in [3.8, 4) is 23.0 Å². The van der Waals surface area contributed by atoms with Crippen molar-refractivity contribution in [2.24, 2.45) is 0 Å². The maximum absolute atomic E-state index is 13.0. The number of methoxy groups -OCH3 is 2. The summed E-state index contributed by atoms with van der Waals surface area (Å²) in [5.41, 5.74) is 0.626. The minimum atomic E-state index is -3.93. The molecule has 0 atom stereocenters. The van der Waals surface area contributed by atoms with E-state index < -0.39 is 15.9 Å². The van der Waals surface area contributed by atoms with Crippen LogP contribution in [0.15, 0.2) is 35.2 Å². The summed E-state index contributed by atoms with van der Waals surface area (Å²) >= 11 is 1.25. The molecule has 4 rings (SSSR count). The van der Waals surface area contributed by atoms with Gasteiger partial charge in [0.1, 0.15) is 0 Å². The zero-order valence-corrected chi connectivity index (χ0v) is 19.9. The zero-order valence-electron chi connectivity index (χ0n) is 18.3. The summed E-state index contributed by atoms with van der Waals surface area (Å²) in [4.78, 5) is 16.9. The van der Waals surface area contributed by atoms with E-state index >= 15 is 0 Å². The fraction of sp³-hybridized carbons (Fsp3) is 0.333. The number of ether oxygens (including phenoxy) is 4. The van der Waals surface area contributed by atoms with E-state index in [4.69, 9.17) is 18.9 Å². The van der Waals surface area contributed by atoms with E-state index in [1.54, 1.807) is 18.2 Å². The van der Waals surface area contributed by atoms with Crippen LogP contribution >= 0.6 is 11.3 Å². The Morgan fingerprint density at radius 2 is 1.82 bits per heavy atom. The number of likely N-dealkylation sites (N-methyl/N-ethyl adjacent to an activating group) is 1. The molecular formula is C21H23N3O7S2.